The summed E-state index contributed by atoms with van der Waals surface area (Å²) >= 11 is 1.33. The third-order valence-corrected chi connectivity index (χ3v) is 5.32. The van der Waals surface area contributed by atoms with Crippen molar-refractivity contribution in [2.24, 2.45) is 0 Å². The SMILES string of the molecule is COC(=O)c1sc(-n2cnc3ccccc32)cc1OCc1cccc(C)c1. The molecular weight excluding hydrogens is 360 g/mol. The van der Waals surface area contributed by atoms with E-state index in [9.17, 15) is 4.79 Å². The molecule has 2 aromatic heterocycles. The highest BCUT2D eigenvalue weighted by Gasteiger charge is 2.20. The standard InChI is InChI=1S/C21H18N2O3S/c1-14-6-5-7-15(10-14)12-26-18-11-19(27-20(18)21(24)25-2)23-13-22-16-8-3-4-9-17(16)23/h3-11,13H,12H2,1-2H3. The molecule has 0 saturated carbocycles. The number of para-hydroxylation sites is 2. The molecule has 0 bridgehead atoms. The molecule has 0 N–H and O–H groups in total. The van der Waals surface area contributed by atoms with Gasteiger partial charge in [0.15, 0.2) is 4.88 Å². The maximum absolute atomic E-state index is 12.2. The van der Waals surface area contributed by atoms with Crippen molar-refractivity contribution in [2.75, 3.05) is 7.11 Å². The lowest BCUT2D eigenvalue weighted by Crippen LogP contribution is -2.02. The molecule has 0 amide bonds. The van der Waals surface area contributed by atoms with Crippen LogP contribution in [0.1, 0.15) is 20.8 Å². The number of nitrogens with zero attached hydrogens (tertiary/aromatic N) is 2. The number of esters is 1. The van der Waals surface area contributed by atoms with E-state index in [0.29, 0.717) is 17.2 Å². The third kappa shape index (κ3) is 3.44. The fourth-order valence-corrected chi connectivity index (χ4v) is 3.92. The van der Waals surface area contributed by atoms with E-state index in [2.05, 4.69) is 11.1 Å². The third-order valence-electron chi connectivity index (χ3n) is 4.22. The van der Waals surface area contributed by atoms with E-state index in [1.165, 1.54) is 24.0 Å². The number of aryl methyl sites for hydroxylation is 1. The first-order valence-electron chi connectivity index (χ1n) is 8.48. The van der Waals surface area contributed by atoms with Crippen LogP contribution in [-0.2, 0) is 11.3 Å². The molecule has 4 rings (SSSR count). The summed E-state index contributed by atoms with van der Waals surface area (Å²) in [6, 6.07) is 17.8. The first-order valence-corrected chi connectivity index (χ1v) is 9.30. The Morgan fingerprint density at radius 3 is 2.81 bits per heavy atom. The van der Waals surface area contributed by atoms with Gasteiger partial charge in [-0.3, -0.25) is 4.57 Å². The monoisotopic (exact) mass is 378 g/mol. The van der Waals surface area contributed by atoms with Crippen molar-refractivity contribution in [1.29, 1.82) is 0 Å². The van der Waals surface area contributed by atoms with Gasteiger partial charge in [-0.2, -0.15) is 0 Å². The number of aromatic nitrogens is 2. The van der Waals surface area contributed by atoms with Crippen LogP contribution in [0.5, 0.6) is 5.75 Å². The molecule has 2 aromatic carbocycles. The summed E-state index contributed by atoms with van der Waals surface area (Å²) in [5.74, 6) is 0.107. The zero-order valence-electron chi connectivity index (χ0n) is 15.0. The van der Waals surface area contributed by atoms with Crippen LogP contribution >= 0.6 is 11.3 Å². The molecule has 0 atom stereocenters. The molecule has 0 saturated heterocycles. The summed E-state index contributed by atoms with van der Waals surface area (Å²) in [7, 11) is 1.37. The Kier molecular flexibility index (Phi) is 4.64. The first kappa shape index (κ1) is 17.3. The second-order valence-electron chi connectivity index (χ2n) is 6.15. The van der Waals surface area contributed by atoms with Crippen LogP contribution in [0.2, 0.25) is 0 Å². The molecule has 5 nitrogen and oxygen atoms in total. The summed E-state index contributed by atoms with van der Waals surface area (Å²) in [4.78, 5) is 17.1. The lowest BCUT2D eigenvalue weighted by Gasteiger charge is -2.07. The Labute approximate surface area is 160 Å². The minimum Gasteiger partial charge on any atom is -0.487 e. The van der Waals surface area contributed by atoms with Gasteiger partial charge in [-0.05, 0) is 24.6 Å². The smallest absolute Gasteiger partial charge is 0.351 e. The maximum Gasteiger partial charge on any atom is 0.351 e. The van der Waals surface area contributed by atoms with Crippen LogP contribution in [-0.4, -0.2) is 22.6 Å². The van der Waals surface area contributed by atoms with Crippen molar-refractivity contribution >= 4 is 28.3 Å². The zero-order chi connectivity index (χ0) is 18.8. The Hall–Kier alpha value is -3.12. The van der Waals surface area contributed by atoms with Crippen LogP contribution in [0, 0.1) is 6.92 Å². The average Bonchev–Trinajstić information content (AvgIpc) is 3.30. The molecule has 0 unspecified atom stereocenters. The van der Waals surface area contributed by atoms with Crippen LogP contribution < -0.4 is 4.74 Å². The van der Waals surface area contributed by atoms with Gasteiger partial charge in [0.1, 0.15) is 23.7 Å². The Bertz CT molecular complexity index is 1110. The average molecular weight is 378 g/mol. The van der Waals surface area contributed by atoms with Gasteiger partial charge in [-0.1, -0.05) is 42.0 Å². The molecule has 6 heteroatoms. The molecule has 0 fully saturated rings. The highest BCUT2D eigenvalue weighted by molar-refractivity contribution is 7.16. The Morgan fingerprint density at radius 2 is 2.00 bits per heavy atom. The molecule has 4 aromatic rings. The molecule has 0 radical (unpaired) electrons. The minimum atomic E-state index is -0.407. The Balaban J connectivity index is 1.69. The van der Waals surface area contributed by atoms with Crippen molar-refractivity contribution in [1.82, 2.24) is 9.55 Å². The number of rotatable bonds is 5. The number of imidazole rings is 1. The van der Waals surface area contributed by atoms with E-state index in [1.54, 1.807) is 6.33 Å². The second-order valence-corrected chi connectivity index (χ2v) is 7.18. The second kappa shape index (κ2) is 7.25. The van der Waals surface area contributed by atoms with Crippen LogP contribution in [0.25, 0.3) is 16.0 Å². The van der Waals surface area contributed by atoms with Gasteiger partial charge in [0, 0.05) is 6.07 Å². The van der Waals surface area contributed by atoms with E-state index in [1.807, 2.05) is 60.0 Å². The number of fused-ring (bicyclic) bond motifs is 1. The van der Waals surface area contributed by atoms with E-state index in [0.717, 1.165) is 21.6 Å². The summed E-state index contributed by atoms with van der Waals surface area (Å²) in [5.41, 5.74) is 4.08. The van der Waals surface area contributed by atoms with Crippen molar-refractivity contribution in [3.63, 3.8) is 0 Å². The fourth-order valence-electron chi connectivity index (χ4n) is 2.92. The molecule has 136 valence electrons. The van der Waals surface area contributed by atoms with Gasteiger partial charge in [0.25, 0.3) is 0 Å². The number of carbonyl (C=O) groups is 1. The lowest BCUT2D eigenvalue weighted by atomic mass is 10.1. The summed E-state index contributed by atoms with van der Waals surface area (Å²) in [6.45, 7) is 2.42. The van der Waals surface area contributed by atoms with E-state index >= 15 is 0 Å². The van der Waals surface area contributed by atoms with Gasteiger partial charge in [0.2, 0.25) is 0 Å². The van der Waals surface area contributed by atoms with Crippen LogP contribution in [0.3, 0.4) is 0 Å². The molecule has 2 heterocycles. The molecule has 0 aliphatic heterocycles. The molecule has 27 heavy (non-hydrogen) atoms. The van der Waals surface area contributed by atoms with E-state index in [4.69, 9.17) is 9.47 Å². The quantitative estimate of drug-likeness (QED) is 0.470. The lowest BCUT2D eigenvalue weighted by molar-refractivity contribution is 0.0601. The van der Waals surface area contributed by atoms with Gasteiger partial charge in [-0.15, -0.1) is 11.3 Å². The number of carbonyl (C=O) groups excluding carboxylic acids is 1. The van der Waals surface area contributed by atoms with Crippen molar-refractivity contribution < 1.29 is 14.3 Å². The van der Waals surface area contributed by atoms with Crippen molar-refractivity contribution in [3.05, 3.63) is 76.9 Å². The van der Waals surface area contributed by atoms with Crippen molar-refractivity contribution in [3.8, 4) is 10.8 Å². The first-order chi connectivity index (χ1) is 13.2. The summed E-state index contributed by atoms with van der Waals surface area (Å²) in [6.07, 6.45) is 1.75. The summed E-state index contributed by atoms with van der Waals surface area (Å²) in [5, 5.41) is 0.850. The van der Waals surface area contributed by atoms with Crippen LogP contribution in [0.15, 0.2) is 60.9 Å². The number of hydrogen-bond donors (Lipinski definition) is 0. The van der Waals surface area contributed by atoms with Crippen LogP contribution in [0.4, 0.5) is 0 Å². The Morgan fingerprint density at radius 1 is 1.15 bits per heavy atom. The van der Waals surface area contributed by atoms with Gasteiger partial charge in [-0.25, -0.2) is 9.78 Å². The number of methoxy groups -OCH3 is 1. The predicted molar refractivity (Wildman–Crippen MR) is 106 cm³/mol. The largest absolute Gasteiger partial charge is 0.487 e. The number of benzene rings is 2. The molecular formula is C21H18N2O3S. The van der Waals surface area contributed by atoms with Crippen molar-refractivity contribution in [2.45, 2.75) is 13.5 Å². The topological polar surface area (TPSA) is 53.4 Å². The molecule has 0 aliphatic rings. The highest BCUT2D eigenvalue weighted by Crippen LogP contribution is 2.34. The van der Waals surface area contributed by atoms with Gasteiger partial charge >= 0.3 is 5.97 Å². The zero-order valence-corrected chi connectivity index (χ0v) is 15.8. The number of ether oxygens (including phenoxy) is 2. The highest BCUT2D eigenvalue weighted by atomic mass is 32.1. The van der Waals surface area contributed by atoms with Gasteiger partial charge < -0.3 is 9.47 Å². The predicted octanol–water partition coefficient (Wildman–Crippen LogP) is 4.76. The van der Waals surface area contributed by atoms with E-state index < -0.39 is 5.97 Å². The number of hydrogen-bond acceptors (Lipinski definition) is 5. The molecule has 0 aliphatic carbocycles. The maximum atomic E-state index is 12.2. The molecule has 0 spiro atoms. The van der Waals surface area contributed by atoms with E-state index in [-0.39, 0.29) is 0 Å². The normalized spacial score (nSPS) is 10.9. The summed E-state index contributed by atoms with van der Waals surface area (Å²) < 4.78 is 12.9. The minimum absolute atomic E-state index is 0.381. The van der Waals surface area contributed by atoms with Gasteiger partial charge in [0.05, 0.1) is 18.1 Å². The number of thiophene rings is 1. The fraction of sp³-hybridized carbons (Fsp3) is 0.143.